The van der Waals surface area contributed by atoms with Crippen molar-refractivity contribution in [3.8, 4) is 0 Å². The molecule has 19 heavy (non-hydrogen) atoms. The summed E-state index contributed by atoms with van der Waals surface area (Å²) in [6.45, 7) is 7.78. The smallest absolute Gasteiger partial charge is 0.0637 e. The number of piperidine rings is 1. The molecule has 1 saturated carbocycles. The number of rotatable bonds is 3. The zero-order chi connectivity index (χ0) is 13.1. The molecule has 3 nitrogen and oxygen atoms in total. The fraction of sp³-hybridized carbons (Fsp3) is 1.00. The average Bonchev–Trinajstić information content (AvgIpc) is 2.89. The molecule has 0 amide bonds. The van der Waals surface area contributed by atoms with Gasteiger partial charge in [0.25, 0.3) is 0 Å². The van der Waals surface area contributed by atoms with E-state index in [1.165, 1.54) is 58.0 Å². The van der Waals surface area contributed by atoms with Crippen molar-refractivity contribution in [2.24, 2.45) is 5.41 Å². The predicted molar refractivity (Wildman–Crippen MR) is 78.4 cm³/mol. The molecule has 2 atom stereocenters. The van der Waals surface area contributed by atoms with Gasteiger partial charge in [-0.25, -0.2) is 0 Å². The summed E-state index contributed by atoms with van der Waals surface area (Å²) < 4.78 is 5.75. The number of ether oxygens (including phenoxy) is 1. The quantitative estimate of drug-likeness (QED) is 0.849. The minimum atomic E-state index is 0.618. The highest BCUT2D eigenvalue weighted by molar-refractivity contribution is 4.94. The van der Waals surface area contributed by atoms with Crippen LogP contribution in [0.2, 0.25) is 0 Å². The molecule has 3 heteroatoms. The maximum absolute atomic E-state index is 5.75. The van der Waals surface area contributed by atoms with Gasteiger partial charge in [-0.3, -0.25) is 4.90 Å². The van der Waals surface area contributed by atoms with Crippen molar-refractivity contribution in [2.75, 3.05) is 32.8 Å². The molecular formula is C16H30N2O. The third-order valence-electron chi connectivity index (χ3n) is 5.78. The molecule has 1 spiro atoms. The van der Waals surface area contributed by atoms with Crippen molar-refractivity contribution < 1.29 is 4.74 Å². The van der Waals surface area contributed by atoms with Gasteiger partial charge in [-0.1, -0.05) is 19.8 Å². The van der Waals surface area contributed by atoms with Crippen molar-refractivity contribution in [1.82, 2.24) is 10.2 Å². The van der Waals surface area contributed by atoms with Gasteiger partial charge >= 0.3 is 0 Å². The average molecular weight is 266 g/mol. The monoisotopic (exact) mass is 266 g/mol. The van der Waals surface area contributed by atoms with Gasteiger partial charge in [-0.2, -0.15) is 0 Å². The number of hydrogen-bond donors (Lipinski definition) is 1. The Balaban J connectivity index is 1.57. The molecule has 2 aliphatic heterocycles. The van der Waals surface area contributed by atoms with E-state index in [-0.39, 0.29) is 0 Å². The van der Waals surface area contributed by atoms with E-state index in [0.29, 0.717) is 12.1 Å². The number of nitrogens with one attached hydrogen (secondary N) is 1. The number of likely N-dealkylation sites (tertiary alicyclic amines) is 1. The van der Waals surface area contributed by atoms with E-state index >= 15 is 0 Å². The topological polar surface area (TPSA) is 24.5 Å². The Kier molecular flexibility index (Phi) is 4.45. The van der Waals surface area contributed by atoms with Crippen molar-refractivity contribution in [2.45, 2.75) is 64.0 Å². The molecule has 0 aromatic carbocycles. The largest absolute Gasteiger partial charge is 0.380 e. The van der Waals surface area contributed by atoms with E-state index < -0.39 is 0 Å². The first-order valence-electron chi connectivity index (χ1n) is 8.38. The summed E-state index contributed by atoms with van der Waals surface area (Å²) in [6.07, 6.45) is 10.0. The zero-order valence-corrected chi connectivity index (χ0v) is 12.5. The molecule has 110 valence electrons. The third-order valence-corrected chi connectivity index (χ3v) is 5.78. The lowest BCUT2D eigenvalue weighted by Crippen LogP contribution is -2.57. The zero-order valence-electron chi connectivity index (χ0n) is 12.5. The Hall–Kier alpha value is -0.120. The van der Waals surface area contributed by atoms with Crippen LogP contribution in [-0.4, -0.2) is 49.8 Å². The summed E-state index contributed by atoms with van der Waals surface area (Å²) in [5.41, 5.74) is 0.736. The van der Waals surface area contributed by atoms with Gasteiger partial charge in [0.15, 0.2) is 0 Å². The Morgan fingerprint density at radius 2 is 1.89 bits per heavy atom. The molecule has 1 aliphatic carbocycles. The Bertz CT molecular complexity index is 276. The molecule has 3 fully saturated rings. The van der Waals surface area contributed by atoms with Crippen LogP contribution in [0.1, 0.15) is 51.9 Å². The highest BCUT2D eigenvalue weighted by Gasteiger charge is 2.40. The van der Waals surface area contributed by atoms with E-state index in [2.05, 4.69) is 17.1 Å². The lowest BCUT2D eigenvalue weighted by Gasteiger charge is -2.46. The van der Waals surface area contributed by atoms with Crippen molar-refractivity contribution >= 4 is 0 Å². The van der Waals surface area contributed by atoms with Gasteiger partial charge in [0.05, 0.1) is 6.61 Å². The van der Waals surface area contributed by atoms with Crippen LogP contribution in [0.5, 0.6) is 0 Å². The lowest BCUT2D eigenvalue weighted by atomic mass is 9.76. The Morgan fingerprint density at radius 3 is 2.58 bits per heavy atom. The number of hydrogen-bond acceptors (Lipinski definition) is 3. The first-order chi connectivity index (χ1) is 9.33. The fourth-order valence-corrected chi connectivity index (χ4v) is 4.54. The van der Waals surface area contributed by atoms with Crippen molar-refractivity contribution in [1.29, 1.82) is 0 Å². The van der Waals surface area contributed by atoms with E-state index in [9.17, 15) is 0 Å². The summed E-state index contributed by atoms with van der Waals surface area (Å²) in [6, 6.07) is 1.27. The molecule has 0 bridgehead atoms. The third kappa shape index (κ3) is 2.98. The summed E-state index contributed by atoms with van der Waals surface area (Å²) >= 11 is 0. The van der Waals surface area contributed by atoms with E-state index in [0.717, 1.165) is 25.2 Å². The second-order valence-corrected chi connectivity index (χ2v) is 6.84. The molecule has 2 heterocycles. The van der Waals surface area contributed by atoms with Crippen LogP contribution in [0.4, 0.5) is 0 Å². The molecule has 2 saturated heterocycles. The Labute approximate surface area is 118 Å². The molecule has 0 aromatic rings. The summed E-state index contributed by atoms with van der Waals surface area (Å²) in [5, 5.41) is 3.67. The second-order valence-electron chi connectivity index (χ2n) is 6.84. The predicted octanol–water partition coefficient (Wildman–Crippen LogP) is 2.41. The van der Waals surface area contributed by atoms with Crippen LogP contribution < -0.4 is 5.32 Å². The SMILES string of the molecule is CCNC1CCOCC1N1CCC2(CCCC2)CC1. The number of nitrogens with zero attached hydrogens (tertiary/aromatic N) is 1. The lowest BCUT2D eigenvalue weighted by molar-refractivity contribution is -0.0255. The first-order valence-corrected chi connectivity index (χ1v) is 8.38. The van der Waals surface area contributed by atoms with Crippen LogP contribution in [0.15, 0.2) is 0 Å². The normalized spacial score (nSPS) is 35.8. The van der Waals surface area contributed by atoms with Crippen LogP contribution in [0.3, 0.4) is 0 Å². The van der Waals surface area contributed by atoms with Crippen LogP contribution >= 0.6 is 0 Å². The van der Waals surface area contributed by atoms with E-state index in [4.69, 9.17) is 4.74 Å². The summed E-state index contributed by atoms with van der Waals surface area (Å²) in [4.78, 5) is 2.72. The van der Waals surface area contributed by atoms with Gasteiger partial charge in [0.1, 0.15) is 0 Å². The number of likely N-dealkylation sites (N-methyl/N-ethyl adjacent to an activating group) is 1. The van der Waals surface area contributed by atoms with Gasteiger partial charge in [-0.15, -0.1) is 0 Å². The van der Waals surface area contributed by atoms with Gasteiger partial charge < -0.3 is 10.1 Å². The Morgan fingerprint density at radius 1 is 1.16 bits per heavy atom. The highest BCUT2D eigenvalue weighted by atomic mass is 16.5. The molecule has 0 aromatic heterocycles. The highest BCUT2D eigenvalue weighted by Crippen LogP contribution is 2.46. The second kappa shape index (κ2) is 6.11. The van der Waals surface area contributed by atoms with Crippen LogP contribution in [0.25, 0.3) is 0 Å². The minimum absolute atomic E-state index is 0.618. The van der Waals surface area contributed by atoms with E-state index in [1.54, 1.807) is 0 Å². The minimum Gasteiger partial charge on any atom is -0.380 e. The van der Waals surface area contributed by atoms with E-state index in [1.807, 2.05) is 0 Å². The maximum atomic E-state index is 5.75. The fourth-order valence-electron chi connectivity index (χ4n) is 4.54. The van der Waals surface area contributed by atoms with Gasteiger partial charge in [0, 0.05) is 18.7 Å². The first kappa shape index (κ1) is 13.8. The summed E-state index contributed by atoms with van der Waals surface area (Å²) in [5.74, 6) is 0. The molecular weight excluding hydrogens is 236 g/mol. The van der Waals surface area contributed by atoms with Gasteiger partial charge in [-0.05, 0) is 57.2 Å². The molecule has 1 N–H and O–H groups in total. The van der Waals surface area contributed by atoms with Gasteiger partial charge in [0.2, 0.25) is 0 Å². The van der Waals surface area contributed by atoms with Crippen LogP contribution in [0, 0.1) is 5.41 Å². The van der Waals surface area contributed by atoms with Crippen LogP contribution in [-0.2, 0) is 4.74 Å². The maximum Gasteiger partial charge on any atom is 0.0637 e. The molecule has 3 rings (SSSR count). The standard InChI is InChI=1S/C16H30N2O/c1-2-17-14-5-12-19-13-15(14)18-10-8-16(9-11-18)6-3-4-7-16/h14-15,17H,2-13H2,1H3. The van der Waals surface area contributed by atoms with Crippen molar-refractivity contribution in [3.05, 3.63) is 0 Å². The molecule has 0 radical (unpaired) electrons. The van der Waals surface area contributed by atoms with Crippen molar-refractivity contribution in [3.63, 3.8) is 0 Å². The molecule has 2 unspecified atom stereocenters. The summed E-state index contributed by atoms with van der Waals surface area (Å²) in [7, 11) is 0. The molecule has 3 aliphatic rings.